The van der Waals surface area contributed by atoms with Gasteiger partial charge in [-0.3, -0.25) is 0 Å². The molecule has 5 heteroatoms. The number of ether oxygens (including phenoxy) is 1. The fraction of sp³-hybridized carbons (Fsp3) is 0.500. The Morgan fingerprint density at radius 2 is 2.24 bits per heavy atom. The molecular weight excluding hydrogens is 238 g/mol. The van der Waals surface area contributed by atoms with Crippen molar-refractivity contribution in [2.45, 2.75) is 24.8 Å². The summed E-state index contributed by atoms with van der Waals surface area (Å²) >= 11 is 5.93. The number of pyridine rings is 1. The van der Waals surface area contributed by atoms with Gasteiger partial charge in [0.15, 0.2) is 5.65 Å². The molecule has 0 N–H and O–H groups in total. The van der Waals surface area contributed by atoms with Crippen LogP contribution in [0, 0.1) is 0 Å². The average molecular weight is 252 g/mol. The van der Waals surface area contributed by atoms with Crippen molar-refractivity contribution in [1.82, 2.24) is 14.8 Å². The number of hydrogen-bond donors (Lipinski definition) is 0. The summed E-state index contributed by atoms with van der Waals surface area (Å²) in [6, 6.07) is 4.34. The molecule has 0 aliphatic carbocycles. The number of aromatic nitrogens is 3. The summed E-state index contributed by atoms with van der Waals surface area (Å²) in [5, 5.41) is 5.66. The van der Waals surface area contributed by atoms with Gasteiger partial charge in [0.2, 0.25) is 0 Å². The lowest BCUT2D eigenvalue weighted by Gasteiger charge is -2.22. The van der Waals surface area contributed by atoms with Gasteiger partial charge in [-0.1, -0.05) is 0 Å². The van der Waals surface area contributed by atoms with Crippen LogP contribution in [-0.4, -0.2) is 28.0 Å². The highest BCUT2D eigenvalue weighted by atomic mass is 35.5. The molecule has 1 aliphatic rings. The van der Waals surface area contributed by atoms with Crippen LogP contribution in [0.15, 0.2) is 18.3 Å². The van der Waals surface area contributed by atoms with E-state index in [1.807, 2.05) is 16.8 Å². The lowest BCUT2D eigenvalue weighted by Crippen LogP contribution is -2.20. The summed E-state index contributed by atoms with van der Waals surface area (Å²) in [7, 11) is 0. The largest absolute Gasteiger partial charge is 0.381 e. The molecule has 1 saturated heterocycles. The summed E-state index contributed by atoms with van der Waals surface area (Å²) in [5.41, 5.74) is 1.86. The van der Waals surface area contributed by atoms with E-state index in [2.05, 4.69) is 10.1 Å². The first kappa shape index (κ1) is 11.0. The molecule has 0 atom stereocenters. The Labute approximate surface area is 105 Å². The van der Waals surface area contributed by atoms with Crippen molar-refractivity contribution in [1.29, 1.82) is 0 Å². The molecule has 3 rings (SSSR count). The van der Waals surface area contributed by atoms with E-state index in [-0.39, 0.29) is 0 Å². The summed E-state index contributed by atoms with van der Waals surface area (Å²) in [6.07, 6.45) is 3.79. The Morgan fingerprint density at radius 1 is 1.41 bits per heavy atom. The molecule has 3 heterocycles. The van der Waals surface area contributed by atoms with E-state index >= 15 is 0 Å². The van der Waals surface area contributed by atoms with Gasteiger partial charge in [0.05, 0.1) is 17.6 Å². The zero-order valence-electron chi connectivity index (χ0n) is 9.47. The fourth-order valence-corrected chi connectivity index (χ4v) is 2.52. The molecule has 0 amide bonds. The maximum absolute atomic E-state index is 5.93. The van der Waals surface area contributed by atoms with Gasteiger partial charge in [-0.15, -0.1) is 11.6 Å². The predicted molar refractivity (Wildman–Crippen MR) is 66.2 cm³/mol. The van der Waals surface area contributed by atoms with E-state index in [9.17, 15) is 0 Å². The first-order valence-electron chi connectivity index (χ1n) is 5.86. The Morgan fingerprint density at radius 3 is 3.00 bits per heavy atom. The minimum Gasteiger partial charge on any atom is -0.381 e. The second kappa shape index (κ2) is 4.63. The lowest BCUT2D eigenvalue weighted by molar-refractivity contribution is 0.0672. The van der Waals surface area contributed by atoms with Gasteiger partial charge < -0.3 is 4.74 Å². The smallest absolute Gasteiger partial charge is 0.158 e. The lowest BCUT2D eigenvalue weighted by atomic mass is 10.1. The molecule has 1 aliphatic heterocycles. The minimum absolute atomic E-state index is 0.387. The third-order valence-corrected chi connectivity index (χ3v) is 3.46. The summed E-state index contributed by atoms with van der Waals surface area (Å²) in [5.74, 6) is 0.429. The molecule has 0 spiro atoms. The van der Waals surface area contributed by atoms with Crippen molar-refractivity contribution < 1.29 is 4.74 Å². The van der Waals surface area contributed by atoms with E-state index in [4.69, 9.17) is 16.3 Å². The minimum atomic E-state index is 0.387. The predicted octanol–water partition coefficient (Wildman–Crippen LogP) is 2.52. The highest BCUT2D eigenvalue weighted by molar-refractivity contribution is 6.17. The zero-order chi connectivity index (χ0) is 11.7. The van der Waals surface area contributed by atoms with Gasteiger partial charge in [0.1, 0.15) is 0 Å². The Balaban J connectivity index is 2.08. The van der Waals surface area contributed by atoms with Crippen molar-refractivity contribution in [2.75, 3.05) is 13.2 Å². The standard InChI is InChI=1S/C12H14ClN3O/c13-8-11-10-2-1-5-14-12(10)16(15-11)9-3-6-17-7-4-9/h1-2,5,9H,3-4,6-8H2. The van der Waals surface area contributed by atoms with E-state index in [1.165, 1.54) is 0 Å². The van der Waals surface area contributed by atoms with Crippen LogP contribution in [0.1, 0.15) is 24.6 Å². The van der Waals surface area contributed by atoms with Crippen molar-refractivity contribution in [2.24, 2.45) is 0 Å². The number of alkyl halides is 1. The van der Waals surface area contributed by atoms with E-state index in [1.54, 1.807) is 6.20 Å². The SMILES string of the molecule is ClCc1nn(C2CCOCC2)c2ncccc12. The molecule has 0 bridgehead atoms. The van der Waals surface area contributed by atoms with Gasteiger partial charge in [-0.25, -0.2) is 9.67 Å². The topological polar surface area (TPSA) is 39.9 Å². The second-order valence-corrected chi connectivity index (χ2v) is 4.51. The van der Waals surface area contributed by atoms with Crippen LogP contribution in [0.3, 0.4) is 0 Å². The molecule has 0 saturated carbocycles. The van der Waals surface area contributed by atoms with Crippen molar-refractivity contribution in [3.05, 3.63) is 24.0 Å². The molecule has 90 valence electrons. The number of rotatable bonds is 2. The Bertz CT molecular complexity index is 519. The number of fused-ring (bicyclic) bond motifs is 1. The van der Waals surface area contributed by atoms with Gasteiger partial charge in [0.25, 0.3) is 0 Å². The van der Waals surface area contributed by atoms with Crippen LogP contribution in [0.5, 0.6) is 0 Å². The zero-order valence-corrected chi connectivity index (χ0v) is 10.2. The molecular formula is C12H14ClN3O. The van der Waals surface area contributed by atoms with Crippen molar-refractivity contribution >= 4 is 22.6 Å². The van der Waals surface area contributed by atoms with Crippen LogP contribution in [0.2, 0.25) is 0 Å². The molecule has 0 unspecified atom stereocenters. The highest BCUT2D eigenvalue weighted by Crippen LogP contribution is 2.26. The van der Waals surface area contributed by atoms with Crippen molar-refractivity contribution in [3.63, 3.8) is 0 Å². The Hall–Kier alpha value is -1.13. The van der Waals surface area contributed by atoms with Crippen LogP contribution in [0.4, 0.5) is 0 Å². The normalized spacial score (nSPS) is 17.7. The molecule has 2 aromatic rings. The molecule has 2 aromatic heterocycles. The first-order chi connectivity index (χ1) is 8.40. The molecule has 0 radical (unpaired) electrons. The number of halogens is 1. The highest BCUT2D eigenvalue weighted by Gasteiger charge is 2.20. The van der Waals surface area contributed by atoms with Crippen LogP contribution < -0.4 is 0 Å². The van der Waals surface area contributed by atoms with Gasteiger partial charge in [-0.2, -0.15) is 5.10 Å². The average Bonchev–Trinajstić information content (AvgIpc) is 2.78. The quantitative estimate of drug-likeness (QED) is 0.770. The third kappa shape index (κ3) is 1.91. The number of hydrogen-bond acceptors (Lipinski definition) is 3. The monoisotopic (exact) mass is 251 g/mol. The molecule has 17 heavy (non-hydrogen) atoms. The summed E-state index contributed by atoms with van der Waals surface area (Å²) in [6.45, 7) is 1.60. The maximum Gasteiger partial charge on any atom is 0.158 e. The van der Waals surface area contributed by atoms with Crippen LogP contribution >= 0.6 is 11.6 Å². The maximum atomic E-state index is 5.93. The van der Waals surface area contributed by atoms with E-state index < -0.39 is 0 Å². The molecule has 4 nitrogen and oxygen atoms in total. The van der Waals surface area contributed by atoms with Gasteiger partial charge in [0, 0.05) is 24.8 Å². The molecule has 1 fully saturated rings. The van der Waals surface area contributed by atoms with Crippen LogP contribution in [-0.2, 0) is 10.6 Å². The summed E-state index contributed by atoms with van der Waals surface area (Å²) in [4.78, 5) is 4.43. The van der Waals surface area contributed by atoms with E-state index in [0.717, 1.165) is 42.8 Å². The first-order valence-corrected chi connectivity index (χ1v) is 6.39. The van der Waals surface area contributed by atoms with Crippen LogP contribution in [0.25, 0.3) is 11.0 Å². The second-order valence-electron chi connectivity index (χ2n) is 4.24. The fourth-order valence-electron chi connectivity index (χ4n) is 2.32. The van der Waals surface area contributed by atoms with Gasteiger partial charge in [-0.05, 0) is 25.0 Å². The number of nitrogens with zero attached hydrogens (tertiary/aromatic N) is 3. The Kier molecular flexibility index (Phi) is 2.99. The van der Waals surface area contributed by atoms with E-state index in [0.29, 0.717) is 11.9 Å². The summed E-state index contributed by atoms with van der Waals surface area (Å²) < 4.78 is 7.40. The van der Waals surface area contributed by atoms with Gasteiger partial charge >= 0.3 is 0 Å². The molecule has 0 aromatic carbocycles. The third-order valence-electron chi connectivity index (χ3n) is 3.21. The van der Waals surface area contributed by atoms with Crippen molar-refractivity contribution in [3.8, 4) is 0 Å².